The van der Waals surface area contributed by atoms with Gasteiger partial charge in [0.05, 0.1) is 11.9 Å². The van der Waals surface area contributed by atoms with Crippen molar-refractivity contribution in [2.24, 2.45) is 0 Å². The summed E-state index contributed by atoms with van der Waals surface area (Å²) >= 11 is 3.32. The van der Waals surface area contributed by atoms with Crippen molar-refractivity contribution in [1.29, 1.82) is 0 Å². The molecule has 0 spiro atoms. The van der Waals surface area contributed by atoms with Gasteiger partial charge in [-0.2, -0.15) is 0 Å². The van der Waals surface area contributed by atoms with Gasteiger partial charge < -0.3 is 9.15 Å². The SMILES string of the molecule is CCCCOc1ccc2nc(CBr)oc2c1. The number of unbranched alkanes of at least 4 members (excludes halogenated alkanes) is 1. The maximum absolute atomic E-state index is 5.60. The van der Waals surface area contributed by atoms with E-state index in [0.29, 0.717) is 11.2 Å². The second-order valence-electron chi connectivity index (χ2n) is 3.57. The quantitative estimate of drug-likeness (QED) is 0.617. The first-order valence-electron chi connectivity index (χ1n) is 5.41. The molecule has 0 unspecified atom stereocenters. The van der Waals surface area contributed by atoms with Crippen LogP contribution in [0.3, 0.4) is 0 Å². The van der Waals surface area contributed by atoms with Crippen LogP contribution in [0.15, 0.2) is 22.6 Å². The molecule has 0 radical (unpaired) electrons. The Morgan fingerprint density at radius 3 is 3.06 bits per heavy atom. The first kappa shape index (κ1) is 11.5. The zero-order valence-electron chi connectivity index (χ0n) is 9.20. The van der Waals surface area contributed by atoms with Gasteiger partial charge in [-0.15, -0.1) is 0 Å². The van der Waals surface area contributed by atoms with Crippen molar-refractivity contribution in [3.8, 4) is 5.75 Å². The van der Waals surface area contributed by atoms with Crippen LogP contribution in [0, 0.1) is 0 Å². The van der Waals surface area contributed by atoms with Gasteiger partial charge in [0.1, 0.15) is 11.3 Å². The Morgan fingerprint density at radius 2 is 2.31 bits per heavy atom. The minimum absolute atomic E-state index is 0.633. The van der Waals surface area contributed by atoms with Gasteiger partial charge in [0, 0.05) is 6.07 Å². The summed E-state index contributed by atoms with van der Waals surface area (Å²) in [5.41, 5.74) is 1.65. The fourth-order valence-corrected chi connectivity index (χ4v) is 1.67. The van der Waals surface area contributed by atoms with Crippen LogP contribution in [0.5, 0.6) is 5.75 Å². The number of nitrogens with zero attached hydrogens (tertiary/aromatic N) is 1. The predicted octanol–water partition coefficient (Wildman–Crippen LogP) is 3.90. The Hall–Kier alpha value is -1.03. The number of benzene rings is 1. The number of oxazole rings is 1. The molecule has 0 N–H and O–H groups in total. The number of rotatable bonds is 5. The molecule has 16 heavy (non-hydrogen) atoms. The fourth-order valence-electron chi connectivity index (χ4n) is 1.43. The standard InChI is InChI=1S/C12H14BrNO2/c1-2-3-6-15-9-4-5-10-11(7-9)16-12(8-13)14-10/h4-5,7H,2-3,6,8H2,1H3. The van der Waals surface area contributed by atoms with E-state index in [1.165, 1.54) is 0 Å². The highest BCUT2D eigenvalue weighted by Crippen LogP contribution is 2.22. The number of hydrogen-bond acceptors (Lipinski definition) is 3. The van der Waals surface area contributed by atoms with Gasteiger partial charge in [-0.3, -0.25) is 0 Å². The van der Waals surface area contributed by atoms with Crippen molar-refractivity contribution in [3.63, 3.8) is 0 Å². The van der Waals surface area contributed by atoms with Crippen LogP contribution in [0.4, 0.5) is 0 Å². The lowest BCUT2D eigenvalue weighted by Gasteiger charge is -2.03. The van der Waals surface area contributed by atoms with Crippen LogP contribution in [-0.4, -0.2) is 11.6 Å². The summed E-state index contributed by atoms with van der Waals surface area (Å²) in [4.78, 5) is 4.30. The minimum Gasteiger partial charge on any atom is -0.493 e. The Bertz CT molecular complexity index is 467. The van der Waals surface area contributed by atoms with Crippen molar-refractivity contribution >= 4 is 27.0 Å². The van der Waals surface area contributed by atoms with Crippen molar-refractivity contribution in [2.45, 2.75) is 25.1 Å². The van der Waals surface area contributed by atoms with E-state index in [0.717, 1.165) is 36.3 Å². The molecule has 3 nitrogen and oxygen atoms in total. The zero-order chi connectivity index (χ0) is 11.4. The smallest absolute Gasteiger partial charge is 0.206 e. The van der Waals surface area contributed by atoms with Gasteiger partial charge in [0.2, 0.25) is 5.89 Å². The van der Waals surface area contributed by atoms with E-state index in [1.54, 1.807) is 0 Å². The zero-order valence-corrected chi connectivity index (χ0v) is 10.8. The second-order valence-corrected chi connectivity index (χ2v) is 4.13. The Labute approximate surface area is 103 Å². The molecule has 0 aliphatic carbocycles. The topological polar surface area (TPSA) is 35.3 Å². The van der Waals surface area contributed by atoms with E-state index in [4.69, 9.17) is 9.15 Å². The van der Waals surface area contributed by atoms with E-state index in [-0.39, 0.29) is 0 Å². The average Bonchev–Trinajstić information content (AvgIpc) is 2.71. The Kier molecular flexibility index (Phi) is 3.83. The van der Waals surface area contributed by atoms with Crippen molar-refractivity contribution in [3.05, 3.63) is 24.1 Å². The molecule has 0 aliphatic heterocycles. The normalized spacial score (nSPS) is 10.9. The van der Waals surface area contributed by atoms with E-state index >= 15 is 0 Å². The molecular weight excluding hydrogens is 270 g/mol. The maximum Gasteiger partial charge on any atom is 0.206 e. The van der Waals surface area contributed by atoms with Gasteiger partial charge in [0.25, 0.3) is 0 Å². The third-order valence-corrected chi connectivity index (χ3v) is 2.76. The molecule has 1 aromatic heterocycles. The van der Waals surface area contributed by atoms with Crippen molar-refractivity contribution in [2.75, 3.05) is 6.61 Å². The maximum atomic E-state index is 5.60. The molecule has 0 fully saturated rings. The minimum atomic E-state index is 0.633. The van der Waals surface area contributed by atoms with Gasteiger partial charge in [0.15, 0.2) is 5.58 Å². The fraction of sp³-hybridized carbons (Fsp3) is 0.417. The molecule has 0 saturated carbocycles. The van der Waals surface area contributed by atoms with Crippen LogP contribution < -0.4 is 4.74 Å². The van der Waals surface area contributed by atoms with Crippen LogP contribution in [0.25, 0.3) is 11.1 Å². The lowest BCUT2D eigenvalue weighted by Crippen LogP contribution is -1.95. The number of fused-ring (bicyclic) bond motifs is 1. The second kappa shape index (κ2) is 5.34. The van der Waals surface area contributed by atoms with Crippen LogP contribution in [0.2, 0.25) is 0 Å². The molecule has 0 amide bonds. The molecule has 2 rings (SSSR count). The molecule has 1 aromatic carbocycles. The number of aromatic nitrogens is 1. The molecule has 86 valence electrons. The Balaban J connectivity index is 2.15. The highest BCUT2D eigenvalue weighted by atomic mass is 79.9. The Morgan fingerprint density at radius 1 is 1.44 bits per heavy atom. The van der Waals surface area contributed by atoms with E-state index < -0.39 is 0 Å². The molecule has 1 heterocycles. The lowest BCUT2D eigenvalue weighted by atomic mass is 10.3. The molecule has 0 atom stereocenters. The number of ether oxygens (including phenoxy) is 1. The van der Waals surface area contributed by atoms with Crippen LogP contribution in [-0.2, 0) is 5.33 Å². The van der Waals surface area contributed by atoms with Crippen molar-refractivity contribution < 1.29 is 9.15 Å². The number of alkyl halides is 1. The van der Waals surface area contributed by atoms with Gasteiger partial charge in [-0.05, 0) is 18.6 Å². The third kappa shape index (κ3) is 2.55. The van der Waals surface area contributed by atoms with E-state index in [9.17, 15) is 0 Å². The summed E-state index contributed by atoms with van der Waals surface area (Å²) < 4.78 is 11.1. The van der Waals surface area contributed by atoms with E-state index in [2.05, 4.69) is 27.8 Å². The summed E-state index contributed by atoms with van der Waals surface area (Å²) in [7, 11) is 0. The summed E-state index contributed by atoms with van der Waals surface area (Å²) in [6.45, 7) is 2.90. The average molecular weight is 284 g/mol. The van der Waals surface area contributed by atoms with Crippen LogP contribution >= 0.6 is 15.9 Å². The first-order chi connectivity index (χ1) is 7.83. The van der Waals surface area contributed by atoms with Gasteiger partial charge in [-0.1, -0.05) is 29.3 Å². The van der Waals surface area contributed by atoms with Crippen LogP contribution in [0.1, 0.15) is 25.7 Å². The summed E-state index contributed by atoms with van der Waals surface area (Å²) in [5.74, 6) is 1.54. The highest BCUT2D eigenvalue weighted by molar-refractivity contribution is 9.08. The molecule has 4 heteroatoms. The molecular formula is C12H14BrNO2. The largest absolute Gasteiger partial charge is 0.493 e. The summed E-state index contributed by atoms with van der Waals surface area (Å²) in [5, 5.41) is 0.633. The van der Waals surface area contributed by atoms with Gasteiger partial charge >= 0.3 is 0 Å². The highest BCUT2D eigenvalue weighted by Gasteiger charge is 2.05. The number of hydrogen-bond donors (Lipinski definition) is 0. The molecule has 0 aliphatic rings. The summed E-state index contributed by atoms with van der Waals surface area (Å²) in [6, 6.07) is 5.74. The number of halogens is 1. The molecule has 0 bridgehead atoms. The summed E-state index contributed by atoms with van der Waals surface area (Å²) in [6.07, 6.45) is 2.21. The third-order valence-electron chi connectivity index (χ3n) is 2.29. The lowest BCUT2D eigenvalue weighted by molar-refractivity contribution is 0.309. The monoisotopic (exact) mass is 283 g/mol. The molecule has 0 saturated heterocycles. The van der Waals surface area contributed by atoms with E-state index in [1.807, 2.05) is 18.2 Å². The van der Waals surface area contributed by atoms with Gasteiger partial charge in [-0.25, -0.2) is 4.98 Å². The van der Waals surface area contributed by atoms with Crippen molar-refractivity contribution in [1.82, 2.24) is 4.98 Å². The molecule has 2 aromatic rings. The first-order valence-corrected chi connectivity index (χ1v) is 6.54. The predicted molar refractivity (Wildman–Crippen MR) is 67.0 cm³/mol.